The monoisotopic (exact) mass is 179 g/mol. The van der Waals surface area contributed by atoms with Gasteiger partial charge in [0.05, 0.1) is 0 Å². The maximum absolute atomic E-state index is 4.30. The largest absolute Gasteiger partial charge is 0.368 e. The molecule has 13 heavy (non-hydrogen) atoms. The third-order valence-corrected chi connectivity index (χ3v) is 1.97. The van der Waals surface area contributed by atoms with Crippen molar-refractivity contribution in [2.24, 2.45) is 0 Å². The van der Waals surface area contributed by atoms with E-state index in [1.165, 1.54) is 0 Å². The van der Waals surface area contributed by atoms with Crippen molar-refractivity contribution < 1.29 is 0 Å². The average Bonchev–Trinajstić information content (AvgIpc) is 2.02. The van der Waals surface area contributed by atoms with Gasteiger partial charge in [-0.25, -0.2) is 9.97 Å². The molecule has 0 aliphatic carbocycles. The summed E-state index contributed by atoms with van der Waals surface area (Å²) in [6, 6.07) is 2.44. The van der Waals surface area contributed by atoms with Gasteiger partial charge in [0.25, 0.3) is 0 Å². The highest BCUT2D eigenvalue weighted by molar-refractivity contribution is 5.36. The summed E-state index contributed by atoms with van der Waals surface area (Å²) in [5.74, 6) is 1.75. The standard InChI is InChI=1S/C10H17N3/c1-5-7(2)12-10-6-8(3)11-9(4)13-10/h6-7H,5H2,1-4H3,(H,11,12,13). The van der Waals surface area contributed by atoms with Crippen molar-refractivity contribution in [1.29, 1.82) is 0 Å². The Morgan fingerprint density at radius 3 is 2.62 bits per heavy atom. The minimum Gasteiger partial charge on any atom is -0.368 e. The fraction of sp³-hybridized carbons (Fsp3) is 0.600. The van der Waals surface area contributed by atoms with Gasteiger partial charge >= 0.3 is 0 Å². The first-order valence-electron chi connectivity index (χ1n) is 4.70. The Balaban J connectivity index is 2.77. The Morgan fingerprint density at radius 1 is 1.38 bits per heavy atom. The van der Waals surface area contributed by atoms with E-state index in [2.05, 4.69) is 29.1 Å². The zero-order valence-corrected chi connectivity index (χ0v) is 8.76. The van der Waals surface area contributed by atoms with Crippen LogP contribution in [0.5, 0.6) is 0 Å². The van der Waals surface area contributed by atoms with Crippen molar-refractivity contribution in [2.75, 3.05) is 5.32 Å². The Morgan fingerprint density at radius 2 is 2.08 bits per heavy atom. The molecule has 1 N–H and O–H groups in total. The van der Waals surface area contributed by atoms with E-state index in [9.17, 15) is 0 Å². The SMILES string of the molecule is CCC(C)Nc1cc(C)nc(C)n1. The number of rotatable bonds is 3. The molecule has 0 fully saturated rings. The molecule has 0 aliphatic rings. The van der Waals surface area contributed by atoms with Gasteiger partial charge in [-0.15, -0.1) is 0 Å². The van der Waals surface area contributed by atoms with Crippen molar-refractivity contribution in [2.45, 2.75) is 40.2 Å². The van der Waals surface area contributed by atoms with Crippen molar-refractivity contribution in [1.82, 2.24) is 9.97 Å². The first kappa shape index (κ1) is 9.96. The van der Waals surface area contributed by atoms with Crippen LogP contribution in [-0.2, 0) is 0 Å². The summed E-state index contributed by atoms with van der Waals surface area (Å²) in [4.78, 5) is 8.52. The molecule has 0 aromatic carbocycles. The molecule has 0 aliphatic heterocycles. The number of anilines is 1. The number of hydrogen-bond donors (Lipinski definition) is 1. The molecule has 0 spiro atoms. The Bertz CT molecular complexity index is 263. The minimum absolute atomic E-state index is 0.466. The van der Waals surface area contributed by atoms with E-state index < -0.39 is 0 Å². The third-order valence-electron chi connectivity index (χ3n) is 1.97. The second-order valence-electron chi connectivity index (χ2n) is 3.40. The molecule has 0 bridgehead atoms. The van der Waals surface area contributed by atoms with Crippen LogP contribution in [0.3, 0.4) is 0 Å². The van der Waals surface area contributed by atoms with Crippen molar-refractivity contribution in [3.63, 3.8) is 0 Å². The quantitative estimate of drug-likeness (QED) is 0.773. The van der Waals surface area contributed by atoms with Crippen LogP contribution in [0.15, 0.2) is 6.07 Å². The van der Waals surface area contributed by atoms with E-state index in [4.69, 9.17) is 0 Å². The minimum atomic E-state index is 0.466. The van der Waals surface area contributed by atoms with Crippen LogP contribution in [0.25, 0.3) is 0 Å². The third kappa shape index (κ3) is 3.01. The second kappa shape index (κ2) is 4.21. The lowest BCUT2D eigenvalue weighted by Crippen LogP contribution is -2.15. The molecule has 0 amide bonds. The van der Waals surface area contributed by atoms with Gasteiger partial charge < -0.3 is 5.32 Å². The molecular formula is C10H17N3. The van der Waals surface area contributed by atoms with E-state index in [0.29, 0.717) is 6.04 Å². The van der Waals surface area contributed by atoms with Gasteiger partial charge in [0.1, 0.15) is 11.6 Å². The molecular weight excluding hydrogens is 162 g/mol. The highest BCUT2D eigenvalue weighted by Gasteiger charge is 2.01. The van der Waals surface area contributed by atoms with Gasteiger partial charge in [-0.1, -0.05) is 6.92 Å². The predicted octanol–water partition coefficient (Wildman–Crippen LogP) is 2.30. The zero-order valence-electron chi connectivity index (χ0n) is 8.76. The molecule has 1 rings (SSSR count). The molecule has 1 heterocycles. The molecule has 1 aromatic rings. The maximum Gasteiger partial charge on any atom is 0.130 e. The van der Waals surface area contributed by atoms with Crippen LogP contribution in [0.1, 0.15) is 31.8 Å². The molecule has 1 aromatic heterocycles. The van der Waals surface area contributed by atoms with Gasteiger partial charge in [-0.05, 0) is 27.2 Å². The van der Waals surface area contributed by atoms with Gasteiger partial charge in [0.15, 0.2) is 0 Å². The summed E-state index contributed by atoms with van der Waals surface area (Å²) in [5, 5.41) is 3.32. The normalized spacial score (nSPS) is 12.6. The van der Waals surface area contributed by atoms with E-state index in [0.717, 1.165) is 23.8 Å². The summed E-state index contributed by atoms with van der Waals surface area (Å²) in [5.41, 5.74) is 1.01. The molecule has 0 saturated carbocycles. The zero-order chi connectivity index (χ0) is 9.84. The van der Waals surface area contributed by atoms with Crippen LogP contribution in [0.2, 0.25) is 0 Å². The van der Waals surface area contributed by atoms with Crippen molar-refractivity contribution in [3.05, 3.63) is 17.6 Å². The Labute approximate surface area is 79.6 Å². The molecule has 0 saturated heterocycles. The number of aryl methyl sites for hydroxylation is 2. The molecule has 1 atom stereocenters. The lowest BCUT2D eigenvalue weighted by atomic mass is 10.2. The fourth-order valence-corrected chi connectivity index (χ4v) is 1.15. The van der Waals surface area contributed by atoms with Gasteiger partial charge in [-0.3, -0.25) is 0 Å². The second-order valence-corrected chi connectivity index (χ2v) is 3.40. The first-order chi connectivity index (χ1) is 6.11. The Kier molecular flexibility index (Phi) is 3.23. The number of nitrogens with one attached hydrogen (secondary N) is 1. The number of hydrogen-bond acceptors (Lipinski definition) is 3. The molecule has 3 heteroatoms. The summed E-state index contributed by atoms with van der Waals surface area (Å²) in [6.07, 6.45) is 1.10. The topological polar surface area (TPSA) is 37.8 Å². The first-order valence-corrected chi connectivity index (χ1v) is 4.70. The van der Waals surface area contributed by atoms with E-state index in [-0.39, 0.29) is 0 Å². The van der Waals surface area contributed by atoms with Crippen LogP contribution in [0, 0.1) is 13.8 Å². The van der Waals surface area contributed by atoms with Gasteiger partial charge in [0, 0.05) is 17.8 Å². The summed E-state index contributed by atoms with van der Waals surface area (Å²) in [7, 11) is 0. The number of aromatic nitrogens is 2. The van der Waals surface area contributed by atoms with Crippen LogP contribution < -0.4 is 5.32 Å². The molecule has 0 radical (unpaired) electrons. The van der Waals surface area contributed by atoms with Crippen LogP contribution >= 0.6 is 0 Å². The highest BCUT2D eigenvalue weighted by atomic mass is 15.0. The summed E-state index contributed by atoms with van der Waals surface area (Å²) in [6.45, 7) is 8.19. The summed E-state index contributed by atoms with van der Waals surface area (Å²) >= 11 is 0. The maximum atomic E-state index is 4.30. The van der Waals surface area contributed by atoms with E-state index in [1.807, 2.05) is 19.9 Å². The van der Waals surface area contributed by atoms with E-state index in [1.54, 1.807) is 0 Å². The Hall–Kier alpha value is -1.12. The van der Waals surface area contributed by atoms with Gasteiger partial charge in [-0.2, -0.15) is 0 Å². The van der Waals surface area contributed by atoms with Crippen LogP contribution in [-0.4, -0.2) is 16.0 Å². The molecule has 1 unspecified atom stereocenters. The van der Waals surface area contributed by atoms with E-state index >= 15 is 0 Å². The summed E-state index contributed by atoms with van der Waals surface area (Å²) < 4.78 is 0. The molecule has 72 valence electrons. The van der Waals surface area contributed by atoms with Crippen molar-refractivity contribution in [3.8, 4) is 0 Å². The predicted molar refractivity (Wildman–Crippen MR) is 54.9 cm³/mol. The number of nitrogens with zero attached hydrogens (tertiary/aromatic N) is 2. The smallest absolute Gasteiger partial charge is 0.130 e. The fourth-order valence-electron chi connectivity index (χ4n) is 1.15. The van der Waals surface area contributed by atoms with Crippen molar-refractivity contribution >= 4 is 5.82 Å². The highest BCUT2D eigenvalue weighted by Crippen LogP contribution is 2.07. The van der Waals surface area contributed by atoms with Gasteiger partial charge in [0.2, 0.25) is 0 Å². The van der Waals surface area contributed by atoms with Crippen LogP contribution in [0.4, 0.5) is 5.82 Å². The lowest BCUT2D eigenvalue weighted by Gasteiger charge is -2.12. The lowest BCUT2D eigenvalue weighted by molar-refractivity contribution is 0.756. The molecule has 3 nitrogen and oxygen atoms in total. The average molecular weight is 179 g/mol.